The van der Waals surface area contributed by atoms with E-state index in [0.717, 1.165) is 19.3 Å². The molecule has 0 atom stereocenters. The Bertz CT molecular complexity index is 132. The van der Waals surface area contributed by atoms with Crippen molar-refractivity contribution in [2.75, 3.05) is 0 Å². The highest BCUT2D eigenvalue weighted by molar-refractivity contribution is 5.66. The molecule has 58 valence electrons. The smallest absolute Gasteiger partial charge is 0.408 e. The predicted molar refractivity (Wildman–Crippen MR) is 39.8 cm³/mol. The summed E-state index contributed by atoms with van der Waals surface area (Å²) in [4.78, 5) is 10.0. The molecule has 0 aliphatic carbocycles. The number of allylic oxidation sites excluding steroid dienone is 1. The van der Waals surface area contributed by atoms with Crippen molar-refractivity contribution in [2.24, 2.45) is 0 Å². The molecule has 2 N–H and O–H groups in total. The van der Waals surface area contributed by atoms with E-state index >= 15 is 0 Å². The summed E-state index contributed by atoms with van der Waals surface area (Å²) in [6, 6.07) is 0. The standard InChI is InChI=1S/C7H13NO2/c1-3-4-5-6(2)8-7(9)10/h8H,2-5H2,1H3,(H,9,10). The fourth-order valence-corrected chi connectivity index (χ4v) is 0.604. The first-order chi connectivity index (χ1) is 4.66. The zero-order valence-electron chi connectivity index (χ0n) is 6.18. The van der Waals surface area contributed by atoms with Gasteiger partial charge in [-0.25, -0.2) is 4.79 Å². The average molecular weight is 143 g/mol. The van der Waals surface area contributed by atoms with Crippen LogP contribution in [-0.2, 0) is 0 Å². The Morgan fingerprint density at radius 2 is 2.30 bits per heavy atom. The summed E-state index contributed by atoms with van der Waals surface area (Å²) in [6.07, 6.45) is 1.75. The number of unbranched alkanes of at least 4 members (excludes halogenated alkanes) is 1. The topological polar surface area (TPSA) is 49.3 Å². The van der Waals surface area contributed by atoms with Crippen LogP contribution in [0.1, 0.15) is 26.2 Å². The number of nitrogens with one attached hydrogen (secondary N) is 1. The van der Waals surface area contributed by atoms with E-state index < -0.39 is 6.09 Å². The van der Waals surface area contributed by atoms with Crippen molar-refractivity contribution >= 4 is 6.09 Å². The van der Waals surface area contributed by atoms with Gasteiger partial charge < -0.3 is 5.11 Å². The Kier molecular flexibility index (Phi) is 4.37. The molecule has 0 aliphatic rings. The predicted octanol–water partition coefficient (Wildman–Crippen LogP) is 1.96. The normalized spacial score (nSPS) is 8.90. The molecule has 0 saturated carbocycles. The molecule has 0 bridgehead atoms. The van der Waals surface area contributed by atoms with Crippen molar-refractivity contribution in [2.45, 2.75) is 26.2 Å². The highest BCUT2D eigenvalue weighted by Crippen LogP contribution is 2.00. The molecule has 0 radical (unpaired) electrons. The quantitative estimate of drug-likeness (QED) is 0.632. The van der Waals surface area contributed by atoms with E-state index in [0.29, 0.717) is 5.70 Å². The molecule has 3 heteroatoms. The molecule has 0 aromatic rings. The Hall–Kier alpha value is -0.990. The van der Waals surface area contributed by atoms with Crippen LogP contribution < -0.4 is 5.32 Å². The molecular formula is C7H13NO2. The Labute approximate surface area is 60.7 Å². The highest BCUT2D eigenvalue weighted by atomic mass is 16.4. The summed E-state index contributed by atoms with van der Waals surface area (Å²) in [5, 5.41) is 10.4. The van der Waals surface area contributed by atoms with Gasteiger partial charge >= 0.3 is 6.09 Å². The molecule has 3 nitrogen and oxygen atoms in total. The second-order valence-corrected chi connectivity index (χ2v) is 2.14. The van der Waals surface area contributed by atoms with Gasteiger partial charge in [0.15, 0.2) is 0 Å². The summed E-state index contributed by atoms with van der Waals surface area (Å²) in [5.74, 6) is 0. The first kappa shape index (κ1) is 9.01. The van der Waals surface area contributed by atoms with E-state index in [9.17, 15) is 4.79 Å². The van der Waals surface area contributed by atoms with Crippen molar-refractivity contribution in [1.82, 2.24) is 5.32 Å². The minimum Gasteiger partial charge on any atom is -0.465 e. The summed E-state index contributed by atoms with van der Waals surface area (Å²) in [6.45, 7) is 5.59. The van der Waals surface area contributed by atoms with E-state index in [1.807, 2.05) is 6.92 Å². The lowest BCUT2D eigenvalue weighted by Gasteiger charge is -2.01. The molecule has 0 saturated heterocycles. The van der Waals surface area contributed by atoms with Crippen molar-refractivity contribution in [3.8, 4) is 0 Å². The first-order valence-electron chi connectivity index (χ1n) is 3.34. The third kappa shape index (κ3) is 5.15. The summed E-state index contributed by atoms with van der Waals surface area (Å²) in [5.41, 5.74) is 0.578. The molecule has 0 aliphatic heterocycles. The second kappa shape index (κ2) is 4.85. The molecule has 0 aromatic carbocycles. The fraction of sp³-hybridized carbons (Fsp3) is 0.571. The Morgan fingerprint density at radius 1 is 1.70 bits per heavy atom. The van der Waals surface area contributed by atoms with Gasteiger partial charge in [-0.1, -0.05) is 19.9 Å². The van der Waals surface area contributed by atoms with Crippen LogP contribution in [0, 0.1) is 0 Å². The number of carboxylic acid groups (broad SMARTS) is 1. The van der Waals surface area contributed by atoms with Gasteiger partial charge in [-0.2, -0.15) is 0 Å². The maximum Gasteiger partial charge on any atom is 0.408 e. The molecule has 1 amide bonds. The first-order valence-corrected chi connectivity index (χ1v) is 3.34. The lowest BCUT2D eigenvalue weighted by molar-refractivity contribution is 0.197. The largest absolute Gasteiger partial charge is 0.465 e. The third-order valence-electron chi connectivity index (χ3n) is 1.12. The highest BCUT2D eigenvalue weighted by Gasteiger charge is 1.96. The van der Waals surface area contributed by atoms with E-state index in [2.05, 4.69) is 11.9 Å². The van der Waals surface area contributed by atoms with Crippen LogP contribution in [0.25, 0.3) is 0 Å². The van der Waals surface area contributed by atoms with Crippen LogP contribution in [0.15, 0.2) is 12.3 Å². The van der Waals surface area contributed by atoms with Crippen molar-refractivity contribution in [3.63, 3.8) is 0 Å². The summed E-state index contributed by atoms with van der Waals surface area (Å²) in [7, 11) is 0. The number of carbonyl (C=O) groups is 1. The second-order valence-electron chi connectivity index (χ2n) is 2.14. The Balaban J connectivity index is 3.35. The van der Waals surface area contributed by atoms with Crippen molar-refractivity contribution in [3.05, 3.63) is 12.3 Å². The van der Waals surface area contributed by atoms with E-state index in [4.69, 9.17) is 5.11 Å². The monoisotopic (exact) mass is 143 g/mol. The average Bonchev–Trinajstić information content (AvgIpc) is 1.82. The number of hydrogen-bond donors (Lipinski definition) is 2. The summed E-state index contributed by atoms with van der Waals surface area (Å²) >= 11 is 0. The minimum absolute atomic E-state index is 0.578. The van der Waals surface area contributed by atoms with Gasteiger partial charge in [0.2, 0.25) is 0 Å². The van der Waals surface area contributed by atoms with Gasteiger partial charge in [-0.3, -0.25) is 5.32 Å². The summed E-state index contributed by atoms with van der Waals surface area (Å²) < 4.78 is 0. The zero-order chi connectivity index (χ0) is 7.98. The Morgan fingerprint density at radius 3 is 2.70 bits per heavy atom. The lowest BCUT2D eigenvalue weighted by Crippen LogP contribution is -2.19. The molecule has 0 spiro atoms. The van der Waals surface area contributed by atoms with Gasteiger partial charge in [0.05, 0.1) is 0 Å². The molecule has 10 heavy (non-hydrogen) atoms. The number of rotatable bonds is 4. The van der Waals surface area contributed by atoms with Crippen LogP contribution in [0.4, 0.5) is 4.79 Å². The maximum absolute atomic E-state index is 10.0. The molecule has 0 fully saturated rings. The van der Waals surface area contributed by atoms with Gasteiger partial charge in [0, 0.05) is 5.70 Å². The third-order valence-corrected chi connectivity index (χ3v) is 1.12. The van der Waals surface area contributed by atoms with Crippen LogP contribution in [0.5, 0.6) is 0 Å². The van der Waals surface area contributed by atoms with Crippen molar-refractivity contribution < 1.29 is 9.90 Å². The molecule has 0 unspecified atom stereocenters. The van der Waals surface area contributed by atoms with E-state index in [1.165, 1.54) is 0 Å². The minimum atomic E-state index is -1.03. The maximum atomic E-state index is 10.0. The fourth-order valence-electron chi connectivity index (χ4n) is 0.604. The van der Waals surface area contributed by atoms with E-state index in [-0.39, 0.29) is 0 Å². The van der Waals surface area contributed by atoms with Gasteiger partial charge in [0.25, 0.3) is 0 Å². The lowest BCUT2D eigenvalue weighted by atomic mass is 10.2. The van der Waals surface area contributed by atoms with Crippen LogP contribution in [0.3, 0.4) is 0 Å². The number of amides is 1. The number of hydrogen-bond acceptors (Lipinski definition) is 1. The van der Waals surface area contributed by atoms with E-state index in [1.54, 1.807) is 0 Å². The van der Waals surface area contributed by atoms with Gasteiger partial charge in [-0.15, -0.1) is 0 Å². The molecule has 0 rings (SSSR count). The SMILES string of the molecule is C=C(CCCC)NC(=O)O. The molecule has 0 aromatic heterocycles. The van der Waals surface area contributed by atoms with Gasteiger partial charge in [-0.05, 0) is 12.8 Å². The van der Waals surface area contributed by atoms with Crippen LogP contribution in [0.2, 0.25) is 0 Å². The van der Waals surface area contributed by atoms with Crippen LogP contribution in [-0.4, -0.2) is 11.2 Å². The molecular weight excluding hydrogens is 130 g/mol. The zero-order valence-corrected chi connectivity index (χ0v) is 6.18. The van der Waals surface area contributed by atoms with Crippen molar-refractivity contribution in [1.29, 1.82) is 0 Å². The van der Waals surface area contributed by atoms with Crippen LogP contribution >= 0.6 is 0 Å². The van der Waals surface area contributed by atoms with Gasteiger partial charge in [0.1, 0.15) is 0 Å². The molecule has 0 heterocycles.